The number of furan rings is 2. The zero-order valence-electron chi connectivity index (χ0n) is 39.2. The quantitative estimate of drug-likeness (QED) is 0.107. The highest BCUT2D eigenvalue weighted by atomic mass is 16.3. The number of allylic oxidation sites excluding steroid dienone is 2. The van der Waals surface area contributed by atoms with Crippen molar-refractivity contribution in [2.24, 2.45) is 5.92 Å². The van der Waals surface area contributed by atoms with Gasteiger partial charge in [-0.2, -0.15) is 0 Å². The van der Waals surface area contributed by atoms with Gasteiger partial charge >= 0.3 is 0 Å². The Bertz CT molecular complexity index is 3780. The van der Waals surface area contributed by atoms with Gasteiger partial charge < -0.3 is 18.6 Å². The van der Waals surface area contributed by atoms with Crippen LogP contribution in [-0.2, 0) is 0 Å². The molecule has 0 saturated heterocycles. The Hall–Kier alpha value is -7.74. The Morgan fingerprint density at radius 2 is 0.986 bits per heavy atom. The molecule has 11 aromatic rings. The van der Waals surface area contributed by atoms with Crippen LogP contribution in [0.25, 0.3) is 70.8 Å². The van der Waals surface area contributed by atoms with Crippen LogP contribution >= 0.6 is 0 Å². The second-order valence-electron chi connectivity index (χ2n) is 19.6. The fraction of sp³-hybridized carbons (Fsp3) is 0.200. The van der Waals surface area contributed by atoms with Gasteiger partial charge in [0.15, 0.2) is 11.2 Å². The van der Waals surface area contributed by atoms with Crippen molar-refractivity contribution in [2.75, 3.05) is 9.80 Å². The van der Waals surface area contributed by atoms with E-state index >= 15 is 0 Å². The minimum Gasteiger partial charge on any atom is -0.454 e. The zero-order chi connectivity index (χ0) is 46.0. The van der Waals surface area contributed by atoms with E-state index in [0.717, 1.165) is 91.4 Å². The molecule has 0 atom stereocenters. The number of hydrogen-bond acceptors (Lipinski definition) is 4. The van der Waals surface area contributed by atoms with Crippen molar-refractivity contribution in [2.45, 2.75) is 77.0 Å². The molecule has 0 N–H and O–H groups in total. The predicted molar refractivity (Wildman–Crippen MR) is 291 cm³/mol. The number of hydrogen-bond donors (Lipinski definition) is 0. The maximum Gasteiger partial charge on any atom is 0.159 e. The van der Waals surface area contributed by atoms with Crippen LogP contribution < -0.4 is 9.80 Å². The van der Waals surface area contributed by atoms with E-state index in [9.17, 15) is 0 Å². The topological polar surface area (TPSA) is 32.8 Å². The Labute approximate surface area is 403 Å². The van der Waals surface area contributed by atoms with Gasteiger partial charge in [-0.25, -0.2) is 0 Å². The van der Waals surface area contributed by atoms with Gasteiger partial charge in [0.1, 0.15) is 11.3 Å². The molecule has 2 aliphatic rings. The first-order chi connectivity index (χ1) is 34.1. The SMILES string of the molecule is C#C/C=C(\c1oc2c(N(c3ccccc3)c3ccc4ccc5c(N(c6ccccc6)c6cccc7c6oc6c(C8CCCCC8)cccc67)ccc6ccc3c4c65)cccc2c1C)C1CCCCC1. The molecule has 9 aromatic carbocycles. The van der Waals surface area contributed by atoms with Crippen LogP contribution in [0, 0.1) is 25.2 Å². The maximum atomic E-state index is 7.17. The average molecular weight is 895 g/mol. The Kier molecular flexibility index (Phi) is 10.3. The molecule has 4 heteroatoms. The van der Waals surface area contributed by atoms with Gasteiger partial charge in [-0.1, -0.05) is 160 Å². The van der Waals surface area contributed by atoms with Crippen molar-refractivity contribution in [3.63, 3.8) is 0 Å². The standard InChI is InChI=1S/C65H54N2O2/c1-3-19-50(43-20-8-4-9-21-43)62-42(2)49-28-17-32-58(64(49)68-62)66(47-24-12-6-13-25-47)56-40-36-45-35-39-55-57(41-37-46-34-38-54(56)60(45)61(46)55)67(48-26-14-7-15-27-48)59-33-18-31-53-52-30-16-29-51(63(52)69-65(53)59)44-22-10-5-11-23-44/h1,6-7,12-19,24-41,43-44H,4-5,8-11,20-23H2,2H3/b50-19-. The van der Waals surface area contributed by atoms with Crippen molar-refractivity contribution < 1.29 is 8.83 Å². The van der Waals surface area contributed by atoms with Crippen molar-refractivity contribution in [3.8, 4) is 12.3 Å². The Morgan fingerprint density at radius 1 is 0.478 bits per heavy atom. The molecule has 0 spiro atoms. The minimum absolute atomic E-state index is 0.397. The molecule has 0 radical (unpaired) electrons. The monoisotopic (exact) mass is 894 g/mol. The van der Waals surface area contributed by atoms with Crippen LogP contribution in [0.4, 0.5) is 34.1 Å². The number of aryl methyl sites for hydroxylation is 1. The van der Waals surface area contributed by atoms with E-state index in [1.807, 2.05) is 6.08 Å². The van der Waals surface area contributed by atoms with E-state index in [2.05, 4.69) is 186 Å². The van der Waals surface area contributed by atoms with Gasteiger partial charge in [0.25, 0.3) is 0 Å². The molecule has 2 fully saturated rings. The molecule has 4 nitrogen and oxygen atoms in total. The van der Waals surface area contributed by atoms with Gasteiger partial charge in [-0.3, -0.25) is 0 Å². The largest absolute Gasteiger partial charge is 0.454 e. The molecule has 0 amide bonds. The summed E-state index contributed by atoms with van der Waals surface area (Å²) in [4.78, 5) is 4.81. The van der Waals surface area contributed by atoms with Gasteiger partial charge in [0, 0.05) is 49.4 Å². The van der Waals surface area contributed by atoms with Crippen molar-refractivity contribution in [1.82, 2.24) is 0 Å². The van der Waals surface area contributed by atoms with Crippen LogP contribution in [-0.4, -0.2) is 0 Å². The molecule has 2 heterocycles. The normalized spacial score (nSPS) is 15.3. The fourth-order valence-corrected chi connectivity index (χ4v) is 12.4. The summed E-state index contributed by atoms with van der Waals surface area (Å²) in [7, 11) is 0. The van der Waals surface area contributed by atoms with Crippen LogP contribution in [0.1, 0.15) is 87.0 Å². The maximum absolute atomic E-state index is 7.17. The summed E-state index contributed by atoms with van der Waals surface area (Å²) in [5.74, 6) is 4.73. The molecule has 0 aliphatic heterocycles. The highest BCUT2D eigenvalue weighted by Crippen LogP contribution is 2.51. The van der Waals surface area contributed by atoms with Crippen molar-refractivity contribution in [1.29, 1.82) is 0 Å². The van der Waals surface area contributed by atoms with E-state index in [0.29, 0.717) is 11.8 Å². The average Bonchev–Trinajstić information content (AvgIpc) is 3.97. The van der Waals surface area contributed by atoms with Crippen LogP contribution in [0.5, 0.6) is 0 Å². The van der Waals surface area contributed by atoms with E-state index in [4.69, 9.17) is 15.3 Å². The smallest absolute Gasteiger partial charge is 0.159 e. The molecule has 0 bridgehead atoms. The molecular formula is C65H54N2O2. The lowest BCUT2D eigenvalue weighted by molar-refractivity contribution is 0.422. The summed E-state index contributed by atoms with van der Waals surface area (Å²) in [5, 5.41) is 10.7. The highest BCUT2D eigenvalue weighted by Gasteiger charge is 2.29. The second kappa shape index (κ2) is 17.1. The number of rotatable bonds is 9. The molecule has 2 aromatic heterocycles. The number of fused-ring (bicyclic) bond motifs is 4. The van der Waals surface area contributed by atoms with Gasteiger partial charge in [-0.15, -0.1) is 6.42 Å². The third-order valence-electron chi connectivity index (χ3n) is 15.7. The fourth-order valence-electron chi connectivity index (χ4n) is 12.4. The number of benzene rings is 9. The van der Waals surface area contributed by atoms with E-state index in [1.54, 1.807) is 0 Å². The zero-order valence-corrected chi connectivity index (χ0v) is 39.2. The summed E-state index contributed by atoms with van der Waals surface area (Å²) in [6, 6.07) is 60.0. The predicted octanol–water partition coefficient (Wildman–Crippen LogP) is 19.1. The lowest BCUT2D eigenvalue weighted by atomic mass is 9.82. The van der Waals surface area contributed by atoms with E-state index in [1.165, 1.54) is 94.6 Å². The number of terminal acetylenes is 1. The molecule has 2 aliphatic carbocycles. The molecule has 69 heavy (non-hydrogen) atoms. The van der Waals surface area contributed by atoms with E-state index < -0.39 is 0 Å². The third kappa shape index (κ3) is 6.81. The molecule has 0 unspecified atom stereocenters. The van der Waals surface area contributed by atoms with Gasteiger partial charge in [0.2, 0.25) is 0 Å². The molecule has 13 rings (SSSR count). The summed E-state index contributed by atoms with van der Waals surface area (Å²) in [6.07, 6.45) is 20.3. The summed E-state index contributed by atoms with van der Waals surface area (Å²) >= 11 is 0. The first-order valence-electron chi connectivity index (χ1n) is 25.2. The third-order valence-corrected chi connectivity index (χ3v) is 15.7. The Morgan fingerprint density at radius 3 is 1.57 bits per heavy atom. The molecular weight excluding hydrogens is 841 g/mol. The summed E-state index contributed by atoms with van der Waals surface area (Å²) in [6.45, 7) is 2.20. The van der Waals surface area contributed by atoms with Crippen LogP contribution in [0.15, 0.2) is 179 Å². The van der Waals surface area contributed by atoms with Gasteiger partial charge in [-0.05, 0) is 126 Å². The molecule has 2 saturated carbocycles. The molecule has 336 valence electrons. The Balaban J connectivity index is 1.02. The van der Waals surface area contributed by atoms with Crippen LogP contribution in [0.3, 0.4) is 0 Å². The van der Waals surface area contributed by atoms with Crippen LogP contribution in [0.2, 0.25) is 0 Å². The second-order valence-corrected chi connectivity index (χ2v) is 19.6. The summed E-state index contributed by atoms with van der Waals surface area (Å²) in [5.41, 5.74) is 12.8. The van der Waals surface area contributed by atoms with Gasteiger partial charge in [0.05, 0.1) is 22.7 Å². The minimum atomic E-state index is 0.397. The number of nitrogens with zero attached hydrogens (tertiary/aromatic N) is 2. The first kappa shape index (κ1) is 41.4. The van der Waals surface area contributed by atoms with E-state index in [-0.39, 0.29) is 0 Å². The number of para-hydroxylation sites is 5. The lowest BCUT2D eigenvalue weighted by Crippen LogP contribution is -2.11. The summed E-state index contributed by atoms with van der Waals surface area (Å²) < 4.78 is 14.3. The van der Waals surface area contributed by atoms with Crippen molar-refractivity contribution in [3.05, 3.63) is 187 Å². The highest BCUT2D eigenvalue weighted by molar-refractivity contribution is 6.28. The van der Waals surface area contributed by atoms with Crippen molar-refractivity contribution >= 4 is 105 Å². The first-order valence-corrected chi connectivity index (χ1v) is 25.2. The lowest BCUT2D eigenvalue weighted by Gasteiger charge is -2.29. The number of anilines is 6.